The Morgan fingerprint density at radius 3 is 2.32 bits per heavy atom. The van der Waals surface area contributed by atoms with Crippen LogP contribution in [0.4, 0.5) is 0 Å². The molecule has 266 valence electrons. The number of pyridine rings is 1. The molecule has 1 heterocycles. The summed E-state index contributed by atoms with van der Waals surface area (Å²) in [7, 11) is 0. The number of amides is 4. The van der Waals surface area contributed by atoms with Crippen LogP contribution < -0.4 is 32.3 Å². The van der Waals surface area contributed by atoms with Gasteiger partial charge >= 0.3 is 5.97 Å². The van der Waals surface area contributed by atoms with Crippen LogP contribution in [-0.4, -0.2) is 88.3 Å². The van der Waals surface area contributed by atoms with Crippen LogP contribution in [-0.2, 0) is 30.4 Å². The number of benzene rings is 2. The van der Waals surface area contributed by atoms with Crippen LogP contribution >= 0.6 is 11.8 Å². The monoisotopic (exact) mass is 705 g/mol. The SMILES string of the molecule is C#CCNC(SC[C@H](N)C(=O)NCC(=O)NCC(=O)N[C@@H](Cc1ccccc1)C(=O)N[C@@H](CC(C)C)C(=O)O)c1ccc(O)c2ncccc12. The molecular formula is C35H43N7O7S. The number of hydrogen-bond donors (Lipinski definition) is 8. The second-order valence-corrected chi connectivity index (χ2v) is 12.9. The number of aliphatic carboxylic acids is 1. The van der Waals surface area contributed by atoms with Gasteiger partial charge in [0.05, 0.1) is 31.0 Å². The zero-order chi connectivity index (χ0) is 36.6. The molecule has 0 spiro atoms. The molecule has 2 aromatic carbocycles. The molecule has 0 aliphatic heterocycles. The first-order valence-electron chi connectivity index (χ1n) is 15.9. The van der Waals surface area contributed by atoms with Crippen LogP contribution in [0.25, 0.3) is 10.9 Å². The summed E-state index contributed by atoms with van der Waals surface area (Å²) in [5.74, 6) is -1.12. The number of fused-ring (bicyclic) bond motifs is 1. The maximum atomic E-state index is 13.1. The highest BCUT2D eigenvalue weighted by molar-refractivity contribution is 7.99. The zero-order valence-electron chi connectivity index (χ0n) is 27.8. The quantitative estimate of drug-likeness (QED) is 0.0643. The third-order valence-electron chi connectivity index (χ3n) is 7.36. The Bertz CT molecular complexity index is 1680. The highest BCUT2D eigenvalue weighted by Gasteiger charge is 2.28. The fourth-order valence-corrected chi connectivity index (χ4v) is 6.04. The number of carbonyl (C=O) groups excluding carboxylic acids is 4. The number of nitrogens with zero attached hydrogens (tertiary/aromatic N) is 1. The molecule has 0 bridgehead atoms. The van der Waals surface area contributed by atoms with Crippen LogP contribution in [0.1, 0.15) is 36.8 Å². The van der Waals surface area contributed by atoms with Gasteiger partial charge in [0.25, 0.3) is 0 Å². The van der Waals surface area contributed by atoms with Gasteiger partial charge in [0.1, 0.15) is 23.3 Å². The summed E-state index contributed by atoms with van der Waals surface area (Å²) >= 11 is 1.32. The van der Waals surface area contributed by atoms with Gasteiger partial charge in [-0.2, -0.15) is 0 Å². The number of carboxylic acids is 1. The molecule has 0 fully saturated rings. The van der Waals surface area contributed by atoms with E-state index in [0.717, 1.165) is 11.1 Å². The third kappa shape index (κ3) is 12.4. The highest BCUT2D eigenvalue weighted by Crippen LogP contribution is 2.34. The number of nitrogens with one attached hydrogen (secondary N) is 5. The average molecular weight is 706 g/mol. The second-order valence-electron chi connectivity index (χ2n) is 11.8. The van der Waals surface area contributed by atoms with E-state index in [1.165, 1.54) is 17.8 Å². The van der Waals surface area contributed by atoms with Crippen molar-refractivity contribution in [1.29, 1.82) is 0 Å². The number of phenolic OH excluding ortho intramolecular Hbond substituents is 1. The van der Waals surface area contributed by atoms with Gasteiger partial charge < -0.3 is 37.2 Å². The standard InChI is InChI=1S/C35H43N7O7S/c1-4-14-38-34(24-12-13-28(43)31-23(24)11-8-15-37-31)50-20-25(36)32(46)40-18-29(44)39-19-30(45)41-26(17-22-9-6-5-7-10-22)33(47)42-27(35(48)49)16-21(2)3/h1,5-13,15,21,25-27,34,38,43H,14,16-20,36H2,2-3H3,(H,39,44)(H,40,46)(H,41,45)(H,42,47)(H,48,49)/t25-,26-,27-,34?/m0/s1. The Balaban J connectivity index is 1.52. The molecule has 4 atom stereocenters. The first-order chi connectivity index (χ1) is 23.9. The maximum Gasteiger partial charge on any atom is 0.326 e. The van der Waals surface area contributed by atoms with Gasteiger partial charge in [-0.3, -0.25) is 29.5 Å². The lowest BCUT2D eigenvalue weighted by atomic mass is 10.0. The number of nitrogens with two attached hydrogens (primary N) is 1. The Morgan fingerprint density at radius 1 is 0.920 bits per heavy atom. The molecule has 0 saturated carbocycles. The van der Waals surface area contributed by atoms with E-state index < -0.39 is 66.2 Å². The average Bonchev–Trinajstić information content (AvgIpc) is 3.09. The fraction of sp³-hybridized carbons (Fsp3) is 0.371. The molecule has 9 N–H and O–H groups in total. The van der Waals surface area contributed by atoms with Crippen molar-refractivity contribution in [3.8, 4) is 18.1 Å². The Labute approximate surface area is 294 Å². The number of terminal acetylenes is 1. The van der Waals surface area contributed by atoms with E-state index in [-0.39, 0.29) is 36.8 Å². The summed E-state index contributed by atoms with van der Waals surface area (Å²) in [5.41, 5.74) is 8.06. The van der Waals surface area contributed by atoms with Gasteiger partial charge in [-0.1, -0.05) is 62.2 Å². The lowest BCUT2D eigenvalue weighted by molar-refractivity contribution is -0.142. The molecule has 0 radical (unpaired) electrons. The molecule has 1 aromatic heterocycles. The van der Waals surface area contributed by atoms with E-state index in [1.807, 2.05) is 19.9 Å². The van der Waals surface area contributed by atoms with E-state index in [2.05, 4.69) is 37.5 Å². The van der Waals surface area contributed by atoms with E-state index in [0.29, 0.717) is 10.9 Å². The summed E-state index contributed by atoms with van der Waals surface area (Å²) in [6.07, 6.45) is 7.31. The van der Waals surface area contributed by atoms with Crippen molar-refractivity contribution < 1.29 is 34.2 Å². The van der Waals surface area contributed by atoms with Crippen LogP contribution in [0.5, 0.6) is 5.75 Å². The van der Waals surface area contributed by atoms with E-state index >= 15 is 0 Å². The van der Waals surface area contributed by atoms with Crippen LogP contribution in [0.2, 0.25) is 0 Å². The predicted molar refractivity (Wildman–Crippen MR) is 191 cm³/mol. The van der Waals surface area contributed by atoms with Crippen molar-refractivity contribution in [2.24, 2.45) is 11.7 Å². The molecule has 0 aliphatic rings. The molecule has 4 amide bonds. The number of thioether (sulfide) groups is 1. The van der Waals surface area contributed by atoms with Crippen molar-refractivity contribution in [2.75, 3.05) is 25.4 Å². The molecule has 0 aliphatic carbocycles. The Morgan fingerprint density at radius 2 is 1.64 bits per heavy atom. The van der Waals surface area contributed by atoms with E-state index in [1.54, 1.807) is 48.7 Å². The predicted octanol–water partition coefficient (Wildman–Crippen LogP) is 0.798. The first kappa shape index (κ1) is 39.3. The van der Waals surface area contributed by atoms with Gasteiger partial charge in [-0.15, -0.1) is 18.2 Å². The lowest BCUT2D eigenvalue weighted by Gasteiger charge is -2.22. The number of aromatic nitrogens is 1. The van der Waals surface area contributed by atoms with E-state index in [9.17, 15) is 34.2 Å². The largest absolute Gasteiger partial charge is 0.506 e. The zero-order valence-corrected chi connectivity index (χ0v) is 28.7. The van der Waals surface area contributed by atoms with Crippen LogP contribution in [0, 0.1) is 18.3 Å². The Kier molecular flexibility index (Phi) is 15.5. The number of rotatable bonds is 19. The molecule has 3 rings (SSSR count). The summed E-state index contributed by atoms with van der Waals surface area (Å²) in [6.45, 7) is 2.94. The minimum atomic E-state index is -1.19. The van der Waals surface area contributed by atoms with Gasteiger partial charge in [0.2, 0.25) is 23.6 Å². The molecular weight excluding hydrogens is 662 g/mol. The topological polar surface area (TPSA) is 225 Å². The number of carboxylic acid groups (broad SMARTS) is 1. The maximum absolute atomic E-state index is 13.1. The summed E-state index contributed by atoms with van der Waals surface area (Å²) in [6, 6.07) is 12.5. The number of carbonyl (C=O) groups is 5. The van der Waals surface area contributed by atoms with Crippen LogP contribution in [0.15, 0.2) is 60.8 Å². The lowest BCUT2D eigenvalue weighted by Crippen LogP contribution is -2.54. The smallest absolute Gasteiger partial charge is 0.326 e. The minimum Gasteiger partial charge on any atom is -0.506 e. The molecule has 0 saturated heterocycles. The highest BCUT2D eigenvalue weighted by atomic mass is 32.2. The molecule has 3 aromatic rings. The Hall–Kier alpha value is -5.17. The van der Waals surface area contributed by atoms with E-state index in [4.69, 9.17) is 12.2 Å². The molecule has 15 heteroatoms. The van der Waals surface area contributed by atoms with Crippen molar-refractivity contribution in [3.05, 3.63) is 71.9 Å². The fourth-order valence-electron chi connectivity index (χ4n) is 4.90. The van der Waals surface area contributed by atoms with Crippen molar-refractivity contribution in [1.82, 2.24) is 31.6 Å². The number of hydrogen-bond acceptors (Lipinski definition) is 10. The molecule has 50 heavy (non-hydrogen) atoms. The third-order valence-corrected chi connectivity index (χ3v) is 8.66. The first-order valence-corrected chi connectivity index (χ1v) is 17.0. The van der Waals surface area contributed by atoms with Crippen molar-refractivity contribution >= 4 is 52.3 Å². The van der Waals surface area contributed by atoms with Gasteiger partial charge in [0.15, 0.2) is 0 Å². The number of aromatic hydroxyl groups is 1. The van der Waals surface area contributed by atoms with Gasteiger partial charge in [0, 0.05) is 23.8 Å². The summed E-state index contributed by atoms with van der Waals surface area (Å²) in [5, 5.41) is 33.2. The summed E-state index contributed by atoms with van der Waals surface area (Å²) in [4.78, 5) is 67.0. The molecule has 14 nitrogen and oxygen atoms in total. The molecule has 1 unspecified atom stereocenters. The normalized spacial score (nSPS) is 13.3. The van der Waals surface area contributed by atoms with Crippen molar-refractivity contribution in [3.63, 3.8) is 0 Å². The minimum absolute atomic E-state index is 0.000554. The second kappa shape index (κ2) is 19.7. The number of phenols is 1. The van der Waals surface area contributed by atoms with Crippen molar-refractivity contribution in [2.45, 2.75) is 50.2 Å². The van der Waals surface area contributed by atoms with Crippen LogP contribution in [0.3, 0.4) is 0 Å². The van der Waals surface area contributed by atoms with Gasteiger partial charge in [-0.05, 0) is 35.6 Å². The summed E-state index contributed by atoms with van der Waals surface area (Å²) < 4.78 is 0. The van der Waals surface area contributed by atoms with Gasteiger partial charge in [-0.25, -0.2) is 4.79 Å².